The third-order valence-corrected chi connectivity index (χ3v) is 7.86. The molecule has 1 aliphatic heterocycles. The Bertz CT molecular complexity index is 1370. The summed E-state index contributed by atoms with van der Waals surface area (Å²) in [7, 11) is 0. The Morgan fingerprint density at radius 1 is 1.05 bits per heavy atom. The number of piperazine rings is 1. The van der Waals surface area contributed by atoms with Crippen LogP contribution in [0.25, 0.3) is 5.69 Å². The molecule has 0 bridgehead atoms. The summed E-state index contributed by atoms with van der Waals surface area (Å²) in [5.41, 5.74) is 1.84. The molecule has 0 atom stereocenters. The summed E-state index contributed by atoms with van der Waals surface area (Å²) in [6.07, 6.45) is 3.12. The fourth-order valence-corrected chi connectivity index (χ4v) is 4.92. The van der Waals surface area contributed by atoms with E-state index in [2.05, 4.69) is 25.6 Å². The van der Waals surface area contributed by atoms with Crippen LogP contribution in [-0.2, 0) is 4.79 Å². The minimum absolute atomic E-state index is 0.124. The van der Waals surface area contributed by atoms with Gasteiger partial charge >= 0.3 is 6.03 Å². The fourth-order valence-electron chi connectivity index (χ4n) is 4.62. The van der Waals surface area contributed by atoms with Gasteiger partial charge < -0.3 is 25.2 Å². The molecule has 3 amide bonds. The molecule has 10 nitrogen and oxygen atoms in total. The molecule has 2 heterocycles. The van der Waals surface area contributed by atoms with Gasteiger partial charge in [-0.1, -0.05) is 23.2 Å². The highest BCUT2D eigenvalue weighted by Gasteiger charge is 2.50. The van der Waals surface area contributed by atoms with Crippen molar-refractivity contribution in [3.8, 4) is 11.4 Å². The molecule has 0 unspecified atom stereocenters. The van der Waals surface area contributed by atoms with E-state index in [1.165, 1.54) is 0 Å². The molecule has 0 spiro atoms. The van der Waals surface area contributed by atoms with E-state index < -0.39 is 5.41 Å². The Morgan fingerprint density at radius 2 is 1.82 bits per heavy atom. The van der Waals surface area contributed by atoms with Gasteiger partial charge in [0.25, 0.3) is 0 Å². The summed E-state index contributed by atoms with van der Waals surface area (Å²) >= 11 is 12.0. The van der Waals surface area contributed by atoms with E-state index in [4.69, 9.17) is 27.9 Å². The smallest absolute Gasteiger partial charge is 0.317 e. The van der Waals surface area contributed by atoms with Crippen LogP contribution < -0.4 is 20.3 Å². The first-order valence-electron chi connectivity index (χ1n) is 13.0. The maximum absolute atomic E-state index is 12.9. The van der Waals surface area contributed by atoms with Crippen molar-refractivity contribution in [2.24, 2.45) is 5.41 Å². The maximum Gasteiger partial charge on any atom is 0.317 e. The zero-order valence-electron chi connectivity index (χ0n) is 21.9. The van der Waals surface area contributed by atoms with Gasteiger partial charge in [-0.2, -0.15) is 5.10 Å². The van der Waals surface area contributed by atoms with E-state index in [1.807, 2.05) is 32.0 Å². The molecule has 39 heavy (non-hydrogen) atoms. The quantitative estimate of drug-likeness (QED) is 0.411. The monoisotopic (exact) mass is 571 g/mol. The predicted octanol–water partition coefficient (Wildman–Crippen LogP) is 4.53. The van der Waals surface area contributed by atoms with Gasteiger partial charge in [-0.3, -0.25) is 4.79 Å². The minimum Gasteiger partial charge on any atom is -0.492 e. The largest absolute Gasteiger partial charge is 0.492 e. The number of rotatable bonds is 8. The molecule has 1 aliphatic carbocycles. The summed E-state index contributed by atoms with van der Waals surface area (Å²) in [6.45, 7) is 7.13. The van der Waals surface area contributed by atoms with Gasteiger partial charge in [0.05, 0.1) is 22.1 Å². The van der Waals surface area contributed by atoms with Crippen LogP contribution in [0.1, 0.15) is 25.6 Å². The van der Waals surface area contributed by atoms with Crippen LogP contribution in [0.5, 0.6) is 5.75 Å². The molecule has 206 valence electrons. The van der Waals surface area contributed by atoms with Crippen molar-refractivity contribution < 1.29 is 14.3 Å². The third kappa shape index (κ3) is 6.07. The number of hydrogen-bond acceptors (Lipinski definition) is 6. The van der Waals surface area contributed by atoms with Gasteiger partial charge in [-0.15, -0.1) is 0 Å². The first kappa shape index (κ1) is 27.1. The number of aromatic nitrogens is 3. The summed E-state index contributed by atoms with van der Waals surface area (Å²) in [6, 6.07) is 10.8. The number of nitrogens with one attached hydrogen (secondary N) is 2. The Morgan fingerprint density at radius 3 is 2.46 bits per heavy atom. The van der Waals surface area contributed by atoms with E-state index >= 15 is 0 Å². The molecule has 5 rings (SSSR count). The average Bonchev–Trinajstić information content (AvgIpc) is 3.62. The molecule has 2 aliphatic rings. The van der Waals surface area contributed by atoms with E-state index in [1.54, 1.807) is 34.1 Å². The van der Waals surface area contributed by atoms with Gasteiger partial charge in [0, 0.05) is 50.2 Å². The standard InChI is InChI=1S/C27H31Cl2N7O3/c1-3-39-24-15-20(5-7-23(24)36-17-31-18(2)33-36)34-10-12-35(13-11-34)26(38)30-16-27(8-9-27)25(37)32-19-4-6-21(28)22(29)14-19/h4-7,14-15,17H,3,8-13,16H2,1-2H3,(H,30,38)(H,32,37). The van der Waals surface area contributed by atoms with Crippen molar-refractivity contribution in [3.05, 3.63) is 58.6 Å². The number of nitrogens with zero attached hydrogens (tertiary/aromatic N) is 5. The van der Waals surface area contributed by atoms with Crippen LogP contribution in [0.2, 0.25) is 10.0 Å². The number of urea groups is 1. The van der Waals surface area contributed by atoms with Crippen molar-refractivity contribution in [3.63, 3.8) is 0 Å². The fraction of sp³-hybridized carbons (Fsp3) is 0.407. The number of benzene rings is 2. The molecule has 1 saturated heterocycles. The number of ether oxygens (including phenoxy) is 1. The molecule has 1 aromatic heterocycles. The van der Waals surface area contributed by atoms with Crippen LogP contribution in [0.4, 0.5) is 16.2 Å². The number of aryl methyl sites for hydroxylation is 1. The topological polar surface area (TPSA) is 105 Å². The highest BCUT2D eigenvalue weighted by Crippen LogP contribution is 2.46. The van der Waals surface area contributed by atoms with Crippen molar-refractivity contribution >= 4 is 46.5 Å². The van der Waals surface area contributed by atoms with Crippen molar-refractivity contribution in [2.75, 3.05) is 49.5 Å². The lowest BCUT2D eigenvalue weighted by molar-refractivity contribution is -0.120. The summed E-state index contributed by atoms with van der Waals surface area (Å²) in [5, 5.41) is 11.1. The summed E-state index contributed by atoms with van der Waals surface area (Å²) < 4.78 is 7.61. The van der Waals surface area contributed by atoms with E-state index in [-0.39, 0.29) is 11.9 Å². The van der Waals surface area contributed by atoms with E-state index in [0.717, 1.165) is 30.0 Å². The SMILES string of the molecule is CCOc1cc(N2CCN(C(=O)NCC3(C(=O)Nc4ccc(Cl)c(Cl)c4)CC3)CC2)ccc1-n1cnc(C)n1. The molecule has 2 fully saturated rings. The van der Waals surface area contributed by atoms with E-state index in [9.17, 15) is 9.59 Å². The Kier molecular flexibility index (Phi) is 7.86. The Hall–Kier alpha value is -3.50. The van der Waals surface area contributed by atoms with Gasteiger partial charge in [-0.25, -0.2) is 14.5 Å². The summed E-state index contributed by atoms with van der Waals surface area (Å²) in [5.74, 6) is 1.30. The average molecular weight is 572 g/mol. The number of anilines is 2. The Labute approximate surface area is 237 Å². The van der Waals surface area contributed by atoms with Crippen LogP contribution >= 0.6 is 23.2 Å². The molecule has 3 aromatic rings. The van der Waals surface area contributed by atoms with Crippen LogP contribution in [0.3, 0.4) is 0 Å². The van der Waals surface area contributed by atoms with Crippen LogP contribution in [0, 0.1) is 12.3 Å². The molecule has 1 saturated carbocycles. The van der Waals surface area contributed by atoms with Gasteiger partial charge in [-0.05, 0) is 57.0 Å². The van der Waals surface area contributed by atoms with Gasteiger partial charge in [0.15, 0.2) is 0 Å². The molecule has 12 heteroatoms. The molecule has 2 aromatic carbocycles. The maximum atomic E-state index is 12.9. The second-order valence-electron chi connectivity index (χ2n) is 9.82. The lowest BCUT2D eigenvalue weighted by Gasteiger charge is -2.36. The third-order valence-electron chi connectivity index (χ3n) is 7.12. The highest BCUT2D eigenvalue weighted by molar-refractivity contribution is 6.42. The number of amides is 3. The van der Waals surface area contributed by atoms with Crippen molar-refractivity contribution in [1.82, 2.24) is 25.0 Å². The molecular formula is C27H31Cl2N7O3. The summed E-state index contributed by atoms with van der Waals surface area (Å²) in [4.78, 5) is 34.0. The number of hydrogen-bond donors (Lipinski definition) is 2. The molecule has 0 radical (unpaired) electrons. The lowest BCUT2D eigenvalue weighted by atomic mass is 10.1. The predicted molar refractivity (Wildman–Crippen MR) is 151 cm³/mol. The zero-order chi connectivity index (χ0) is 27.6. The van der Waals surface area contributed by atoms with Gasteiger partial charge in [0.2, 0.25) is 5.91 Å². The van der Waals surface area contributed by atoms with Crippen molar-refractivity contribution in [1.29, 1.82) is 0 Å². The van der Waals surface area contributed by atoms with Gasteiger partial charge in [0.1, 0.15) is 23.6 Å². The number of halogens is 2. The zero-order valence-corrected chi connectivity index (χ0v) is 23.4. The minimum atomic E-state index is -0.594. The first-order chi connectivity index (χ1) is 18.8. The second-order valence-corrected chi connectivity index (χ2v) is 10.6. The molecule has 2 N–H and O–H groups in total. The highest BCUT2D eigenvalue weighted by atomic mass is 35.5. The molecular weight excluding hydrogens is 541 g/mol. The van der Waals surface area contributed by atoms with Crippen LogP contribution in [0.15, 0.2) is 42.7 Å². The first-order valence-corrected chi connectivity index (χ1v) is 13.7. The van der Waals surface area contributed by atoms with E-state index in [0.29, 0.717) is 60.9 Å². The lowest BCUT2D eigenvalue weighted by Crippen LogP contribution is -2.53. The van der Waals surface area contributed by atoms with Crippen molar-refractivity contribution in [2.45, 2.75) is 26.7 Å². The number of carbonyl (C=O) groups excluding carboxylic acids is 2. The Balaban J connectivity index is 1.14. The normalized spacial score (nSPS) is 16.1. The number of carbonyl (C=O) groups is 2. The van der Waals surface area contributed by atoms with Crippen LogP contribution in [-0.4, -0.2) is 70.9 Å². The second kappa shape index (κ2) is 11.3.